The highest BCUT2D eigenvalue weighted by Crippen LogP contribution is 2.34. The molecule has 2 aromatic rings. The van der Waals surface area contributed by atoms with Crippen LogP contribution in [-0.2, 0) is 6.42 Å². The summed E-state index contributed by atoms with van der Waals surface area (Å²) >= 11 is 0. The number of aryl methyl sites for hydroxylation is 1. The molecule has 0 atom stereocenters. The van der Waals surface area contributed by atoms with E-state index in [2.05, 4.69) is 46.6 Å². The number of nitrogens with zero attached hydrogens (tertiary/aromatic N) is 2. The second kappa shape index (κ2) is 9.32. The molecule has 1 N–H and O–H groups in total. The van der Waals surface area contributed by atoms with Crippen molar-refractivity contribution >= 4 is 0 Å². The average molecular weight is 285 g/mol. The number of unbranched alkanes of at least 4 members (excludes halogenated alkanes) is 1. The van der Waals surface area contributed by atoms with Crippen LogP contribution in [0.15, 0.2) is 36.7 Å². The van der Waals surface area contributed by atoms with Gasteiger partial charge >= 0.3 is 0 Å². The van der Waals surface area contributed by atoms with E-state index in [1.807, 2.05) is 0 Å². The lowest BCUT2D eigenvalue weighted by molar-refractivity contribution is 0.441. The Bertz CT molecular complexity index is 456. The van der Waals surface area contributed by atoms with Gasteiger partial charge in [0.2, 0.25) is 0 Å². The zero-order valence-corrected chi connectivity index (χ0v) is 13.1. The molecule has 21 heavy (non-hydrogen) atoms. The Balaban J connectivity index is 0.000000272. The molecule has 3 nitrogen and oxygen atoms in total. The number of aromatic nitrogens is 3. The molecule has 0 amide bonds. The summed E-state index contributed by atoms with van der Waals surface area (Å²) in [5.41, 5.74) is 3.28. The summed E-state index contributed by atoms with van der Waals surface area (Å²) in [6.07, 6.45) is 14.3. The fourth-order valence-corrected chi connectivity index (χ4v) is 3.11. The van der Waals surface area contributed by atoms with E-state index in [9.17, 15) is 0 Å². The van der Waals surface area contributed by atoms with Crippen molar-refractivity contribution in [2.24, 2.45) is 0 Å². The summed E-state index contributed by atoms with van der Waals surface area (Å²) < 4.78 is 0. The summed E-state index contributed by atoms with van der Waals surface area (Å²) in [6.45, 7) is 2.28. The summed E-state index contributed by atoms with van der Waals surface area (Å²) in [4.78, 5) is 0. The van der Waals surface area contributed by atoms with E-state index in [-0.39, 0.29) is 0 Å². The number of nitrogens with one attached hydrogen (secondary N) is 1. The van der Waals surface area contributed by atoms with Gasteiger partial charge in [0, 0.05) is 0 Å². The minimum absolute atomic E-state index is 0.863. The Morgan fingerprint density at radius 2 is 1.76 bits per heavy atom. The van der Waals surface area contributed by atoms with Crippen molar-refractivity contribution in [2.45, 2.75) is 64.2 Å². The lowest BCUT2D eigenvalue weighted by Crippen LogP contribution is -2.07. The van der Waals surface area contributed by atoms with Crippen molar-refractivity contribution < 1.29 is 0 Å². The first-order valence-electron chi connectivity index (χ1n) is 8.29. The lowest BCUT2D eigenvalue weighted by Gasteiger charge is -2.24. The minimum atomic E-state index is 0.863. The third-order valence-corrected chi connectivity index (χ3v) is 4.23. The van der Waals surface area contributed by atoms with Crippen molar-refractivity contribution in [3.8, 4) is 0 Å². The molecule has 114 valence electrons. The normalized spacial score (nSPS) is 15.3. The Kier molecular flexibility index (Phi) is 6.99. The molecule has 1 heterocycles. The van der Waals surface area contributed by atoms with Gasteiger partial charge < -0.3 is 0 Å². The summed E-state index contributed by atoms with van der Waals surface area (Å²) in [5, 5.41) is 9.33. The highest BCUT2D eigenvalue weighted by molar-refractivity contribution is 5.30. The van der Waals surface area contributed by atoms with Gasteiger partial charge in [0.15, 0.2) is 0 Å². The van der Waals surface area contributed by atoms with Crippen LogP contribution < -0.4 is 0 Å². The van der Waals surface area contributed by atoms with Crippen LogP contribution in [0.4, 0.5) is 0 Å². The second-order valence-corrected chi connectivity index (χ2v) is 5.79. The molecule has 0 bridgehead atoms. The SMILES string of the molecule is CCCCc1ccccc1C1CCCCC1.c1cn[nH]n1. The topological polar surface area (TPSA) is 41.6 Å². The molecular formula is C18H27N3. The lowest BCUT2D eigenvalue weighted by atomic mass is 9.81. The number of hydrogen-bond donors (Lipinski definition) is 1. The number of benzene rings is 1. The minimum Gasteiger partial charge on any atom is -0.198 e. The Morgan fingerprint density at radius 3 is 2.38 bits per heavy atom. The van der Waals surface area contributed by atoms with Gasteiger partial charge in [-0.25, -0.2) is 0 Å². The van der Waals surface area contributed by atoms with E-state index in [0.717, 1.165) is 5.92 Å². The molecule has 3 rings (SSSR count). The molecule has 0 aliphatic heterocycles. The van der Waals surface area contributed by atoms with Crippen molar-refractivity contribution in [1.82, 2.24) is 15.4 Å². The van der Waals surface area contributed by atoms with Crippen LogP contribution in [-0.4, -0.2) is 15.4 Å². The van der Waals surface area contributed by atoms with Crippen molar-refractivity contribution in [3.05, 3.63) is 47.8 Å². The highest BCUT2D eigenvalue weighted by atomic mass is 15.3. The predicted octanol–water partition coefficient (Wildman–Crippen LogP) is 4.88. The van der Waals surface area contributed by atoms with Crippen LogP contribution in [0.2, 0.25) is 0 Å². The number of hydrogen-bond acceptors (Lipinski definition) is 2. The molecule has 1 aliphatic carbocycles. The van der Waals surface area contributed by atoms with Crippen LogP contribution in [0, 0.1) is 0 Å². The molecule has 3 heteroatoms. The van der Waals surface area contributed by atoms with E-state index in [1.165, 1.54) is 51.4 Å². The molecular weight excluding hydrogens is 258 g/mol. The third-order valence-electron chi connectivity index (χ3n) is 4.23. The number of rotatable bonds is 4. The molecule has 0 radical (unpaired) electrons. The Labute approximate surface area is 128 Å². The fraction of sp³-hybridized carbons (Fsp3) is 0.556. The van der Waals surface area contributed by atoms with E-state index in [0.29, 0.717) is 0 Å². The average Bonchev–Trinajstić information content (AvgIpc) is 3.14. The van der Waals surface area contributed by atoms with Crippen molar-refractivity contribution in [2.75, 3.05) is 0 Å². The van der Waals surface area contributed by atoms with Gasteiger partial charge in [-0.15, -0.1) is 0 Å². The van der Waals surface area contributed by atoms with Gasteiger partial charge in [-0.05, 0) is 42.7 Å². The molecule has 1 fully saturated rings. The van der Waals surface area contributed by atoms with Gasteiger partial charge in [-0.2, -0.15) is 15.4 Å². The monoisotopic (exact) mass is 285 g/mol. The van der Waals surface area contributed by atoms with Gasteiger partial charge in [-0.1, -0.05) is 56.9 Å². The van der Waals surface area contributed by atoms with Crippen LogP contribution in [0.25, 0.3) is 0 Å². The maximum atomic E-state index is 3.49. The van der Waals surface area contributed by atoms with E-state index >= 15 is 0 Å². The standard InChI is InChI=1S/C16H24.C2H3N3/c1-2-3-9-14-12-7-8-13-16(14)15-10-5-4-6-11-15;1-2-4-5-3-1/h7-8,12-13,15H,2-6,9-11H2,1H3;1-2H,(H,3,4,5). The van der Waals surface area contributed by atoms with Crippen LogP contribution >= 0.6 is 0 Å². The van der Waals surface area contributed by atoms with Gasteiger partial charge in [0.05, 0.1) is 12.4 Å². The molecule has 1 saturated carbocycles. The van der Waals surface area contributed by atoms with Crippen molar-refractivity contribution in [3.63, 3.8) is 0 Å². The molecule has 1 aromatic carbocycles. The maximum Gasteiger partial charge on any atom is 0.0690 e. The van der Waals surface area contributed by atoms with Gasteiger partial charge in [0.25, 0.3) is 0 Å². The highest BCUT2D eigenvalue weighted by Gasteiger charge is 2.17. The third kappa shape index (κ3) is 5.33. The van der Waals surface area contributed by atoms with Crippen molar-refractivity contribution in [1.29, 1.82) is 0 Å². The summed E-state index contributed by atoms with van der Waals surface area (Å²) in [7, 11) is 0. The summed E-state index contributed by atoms with van der Waals surface area (Å²) in [5.74, 6) is 0.863. The zero-order valence-electron chi connectivity index (χ0n) is 13.1. The van der Waals surface area contributed by atoms with E-state index < -0.39 is 0 Å². The first-order chi connectivity index (χ1) is 10.4. The molecule has 1 aliphatic rings. The zero-order chi connectivity index (χ0) is 14.8. The smallest absolute Gasteiger partial charge is 0.0690 e. The van der Waals surface area contributed by atoms with E-state index in [1.54, 1.807) is 23.5 Å². The largest absolute Gasteiger partial charge is 0.198 e. The molecule has 0 spiro atoms. The maximum absolute atomic E-state index is 3.49. The predicted molar refractivity (Wildman–Crippen MR) is 87.3 cm³/mol. The van der Waals surface area contributed by atoms with E-state index in [4.69, 9.17) is 0 Å². The number of aromatic amines is 1. The first-order valence-corrected chi connectivity index (χ1v) is 8.29. The quantitative estimate of drug-likeness (QED) is 0.869. The van der Waals surface area contributed by atoms with Gasteiger partial charge in [-0.3, -0.25) is 0 Å². The van der Waals surface area contributed by atoms with Gasteiger partial charge in [0.1, 0.15) is 0 Å². The van der Waals surface area contributed by atoms with Crippen LogP contribution in [0.5, 0.6) is 0 Å². The van der Waals surface area contributed by atoms with Crippen LogP contribution in [0.1, 0.15) is 68.9 Å². The first kappa shape index (κ1) is 15.7. The fourth-order valence-electron chi connectivity index (χ4n) is 3.11. The Hall–Kier alpha value is -1.64. The summed E-state index contributed by atoms with van der Waals surface area (Å²) in [6, 6.07) is 9.15. The Morgan fingerprint density at radius 1 is 1.05 bits per heavy atom. The molecule has 0 unspecified atom stereocenters. The second-order valence-electron chi connectivity index (χ2n) is 5.79. The molecule has 0 saturated heterocycles. The number of H-pyrrole nitrogens is 1. The molecule has 1 aromatic heterocycles. The van der Waals surface area contributed by atoms with Crippen LogP contribution in [0.3, 0.4) is 0 Å².